The first-order valence-electron chi connectivity index (χ1n) is 9.10. The molecule has 0 aliphatic rings. The molecule has 146 valence electrons. The van der Waals surface area contributed by atoms with E-state index in [4.69, 9.17) is 9.26 Å². The number of carbonyl (C=O) groups is 1. The summed E-state index contributed by atoms with van der Waals surface area (Å²) in [7, 11) is 0. The molecule has 4 aromatic rings. The number of anilines is 1. The number of hydrogen-bond acceptors (Lipinski definition) is 7. The fourth-order valence-corrected chi connectivity index (χ4v) is 3.65. The Hall–Kier alpha value is -3.52. The van der Waals surface area contributed by atoms with Crippen LogP contribution in [0.5, 0.6) is 5.75 Å². The maximum atomic E-state index is 12.2. The lowest BCUT2D eigenvalue weighted by Crippen LogP contribution is -2.20. The number of nitrogens with one attached hydrogen (secondary N) is 1. The number of para-hydroxylation sites is 1. The van der Waals surface area contributed by atoms with Crippen LogP contribution in [0, 0.1) is 0 Å². The molecule has 4 rings (SSSR count). The molecule has 2 heterocycles. The van der Waals surface area contributed by atoms with E-state index in [1.165, 1.54) is 11.3 Å². The second-order valence-corrected chi connectivity index (χ2v) is 7.09. The number of nitrogens with zero attached hydrogens (tertiary/aromatic N) is 3. The highest BCUT2D eigenvalue weighted by molar-refractivity contribution is 7.19. The number of carbonyl (C=O) groups excluding carboxylic acids is 1. The molecule has 0 fully saturated rings. The van der Waals surface area contributed by atoms with Gasteiger partial charge in [0.15, 0.2) is 11.7 Å². The van der Waals surface area contributed by atoms with E-state index in [0.29, 0.717) is 29.0 Å². The number of hydrogen-bond donors (Lipinski definition) is 1. The Morgan fingerprint density at radius 1 is 1.07 bits per heavy atom. The number of thiazole rings is 1. The topological polar surface area (TPSA) is 90.1 Å². The molecule has 1 N–H and O–H groups in total. The predicted molar refractivity (Wildman–Crippen MR) is 111 cm³/mol. The van der Waals surface area contributed by atoms with Crippen LogP contribution in [0.15, 0.2) is 65.2 Å². The summed E-state index contributed by atoms with van der Waals surface area (Å²) >= 11 is 1.30. The molecule has 0 unspecified atom stereocenters. The molecule has 0 aliphatic heterocycles. The van der Waals surface area contributed by atoms with Crippen molar-refractivity contribution >= 4 is 22.4 Å². The molecule has 0 bridgehead atoms. The van der Waals surface area contributed by atoms with E-state index in [1.54, 1.807) is 12.1 Å². The Morgan fingerprint density at radius 2 is 1.79 bits per heavy atom. The third-order valence-corrected chi connectivity index (χ3v) is 5.05. The van der Waals surface area contributed by atoms with Gasteiger partial charge >= 0.3 is 0 Å². The molecule has 0 saturated carbocycles. The Kier molecular flexibility index (Phi) is 5.62. The highest BCUT2D eigenvalue weighted by Gasteiger charge is 2.19. The molecule has 29 heavy (non-hydrogen) atoms. The second kappa shape index (κ2) is 8.66. The van der Waals surface area contributed by atoms with Gasteiger partial charge in [-0.3, -0.25) is 10.1 Å². The summed E-state index contributed by atoms with van der Waals surface area (Å²) in [6.07, 6.45) is 0.672. The summed E-state index contributed by atoms with van der Waals surface area (Å²) < 4.78 is 10.9. The second-order valence-electron chi connectivity index (χ2n) is 6.09. The van der Waals surface area contributed by atoms with Gasteiger partial charge in [-0.25, -0.2) is 4.98 Å². The Labute approximate surface area is 171 Å². The van der Waals surface area contributed by atoms with Crippen LogP contribution >= 0.6 is 11.3 Å². The summed E-state index contributed by atoms with van der Waals surface area (Å²) in [5.74, 6) is 1.25. The highest BCUT2D eigenvalue weighted by Crippen LogP contribution is 2.33. The zero-order chi connectivity index (χ0) is 20.1. The van der Waals surface area contributed by atoms with E-state index in [9.17, 15) is 4.79 Å². The first kappa shape index (κ1) is 18.8. The van der Waals surface area contributed by atoms with Gasteiger partial charge in [0.25, 0.3) is 11.8 Å². The number of aromatic nitrogens is 3. The monoisotopic (exact) mass is 406 g/mol. The van der Waals surface area contributed by atoms with Crippen LogP contribution < -0.4 is 10.1 Å². The Balaban J connectivity index is 1.47. The molecule has 0 spiro atoms. The van der Waals surface area contributed by atoms with Crippen molar-refractivity contribution in [2.24, 2.45) is 0 Å². The lowest BCUT2D eigenvalue weighted by atomic mass is 10.2. The normalized spacial score (nSPS) is 10.7. The molecule has 0 atom stereocenters. The van der Waals surface area contributed by atoms with E-state index in [2.05, 4.69) is 20.4 Å². The Bertz CT molecular complexity index is 1090. The third kappa shape index (κ3) is 4.49. The first-order valence-corrected chi connectivity index (χ1v) is 9.91. The van der Waals surface area contributed by atoms with Crippen LogP contribution in [-0.4, -0.2) is 27.6 Å². The smallest absolute Gasteiger partial charge is 0.270 e. The van der Waals surface area contributed by atoms with Crippen molar-refractivity contribution in [1.82, 2.24) is 15.1 Å². The maximum absolute atomic E-state index is 12.2. The van der Waals surface area contributed by atoms with Crippen molar-refractivity contribution < 1.29 is 14.1 Å². The van der Waals surface area contributed by atoms with Gasteiger partial charge in [0, 0.05) is 5.56 Å². The summed E-state index contributed by atoms with van der Waals surface area (Å²) in [5.41, 5.74) is 1.66. The molecular weight excluding hydrogens is 388 g/mol. The fourth-order valence-electron chi connectivity index (χ4n) is 2.65. The van der Waals surface area contributed by atoms with E-state index >= 15 is 0 Å². The number of ether oxygens (including phenoxy) is 1. The molecular formula is C21H18N4O3S. The van der Waals surface area contributed by atoms with Crippen LogP contribution in [-0.2, 0) is 11.2 Å². The maximum Gasteiger partial charge on any atom is 0.270 e. The summed E-state index contributed by atoms with van der Waals surface area (Å²) in [6, 6.07) is 18.8. The number of rotatable bonds is 7. The zero-order valence-electron chi connectivity index (χ0n) is 15.7. The van der Waals surface area contributed by atoms with Crippen LogP contribution in [0.25, 0.3) is 22.2 Å². The molecule has 1 amide bonds. The number of aryl methyl sites for hydroxylation is 1. The molecule has 7 nitrogen and oxygen atoms in total. The standard InChI is InChI=1S/C21H18N4O3S/c1-2-16-18(20-24-19(25-28-20)14-9-5-3-6-10-14)29-21(22-16)23-17(26)13-27-15-11-7-4-8-12-15/h3-12H,2,13H2,1H3,(H,22,23,26). The quantitative estimate of drug-likeness (QED) is 0.488. The van der Waals surface area contributed by atoms with Gasteiger partial charge in [0.05, 0.1) is 5.69 Å². The first-order chi connectivity index (χ1) is 14.2. The predicted octanol–water partition coefficient (Wildman–Crippen LogP) is 4.44. The van der Waals surface area contributed by atoms with Gasteiger partial charge < -0.3 is 9.26 Å². The largest absolute Gasteiger partial charge is 0.484 e. The van der Waals surface area contributed by atoms with Gasteiger partial charge in [0.1, 0.15) is 10.6 Å². The lowest BCUT2D eigenvalue weighted by molar-refractivity contribution is -0.118. The van der Waals surface area contributed by atoms with Gasteiger partial charge in [-0.2, -0.15) is 4.98 Å². The van der Waals surface area contributed by atoms with E-state index in [0.717, 1.165) is 16.1 Å². The van der Waals surface area contributed by atoms with Crippen LogP contribution in [0.1, 0.15) is 12.6 Å². The fraction of sp³-hybridized carbons (Fsp3) is 0.143. The van der Waals surface area contributed by atoms with Crippen LogP contribution in [0.4, 0.5) is 5.13 Å². The molecule has 0 saturated heterocycles. The van der Waals surface area contributed by atoms with Crippen molar-refractivity contribution in [3.8, 4) is 27.9 Å². The van der Waals surface area contributed by atoms with Crippen molar-refractivity contribution in [1.29, 1.82) is 0 Å². The van der Waals surface area contributed by atoms with E-state index < -0.39 is 0 Å². The van der Waals surface area contributed by atoms with Crippen LogP contribution in [0.2, 0.25) is 0 Å². The minimum Gasteiger partial charge on any atom is -0.484 e. The van der Waals surface area contributed by atoms with Gasteiger partial charge in [-0.15, -0.1) is 0 Å². The summed E-state index contributed by atoms with van der Waals surface area (Å²) in [5, 5.41) is 7.30. The van der Waals surface area contributed by atoms with Crippen molar-refractivity contribution in [2.45, 2.75) is 13.3 Å². The zero-order valence-corrected chi connectivity index (χ0v) is 16.5. The summed E-state index contributed by atoms with van der Waals surface area (Å²) in [4.78, 5) is 21.9. The SMILES string of the molecule is CCc1nc(NC(=O)COc2ccccc2)sc1-c1nc(-c2ccccc2)no1. The van der Waals surface area contributed by atoms with Gasteiger partial charge in [0.2, 0.25) is 5.82 Å². The molecule has 2 aromatic carbocycles. The average molecular weight is 406 g/mol. The van der Waals surface area contributed by atoms with E-state index in [-0.39, 0.29) is 12.5 Å². The molecule has 2 aromatic heterocycles. The Morgan fingerprint density at radius 3 is 2.52 bits per heavy atom. The number of benzene rings is 2. The lowest BCUT2D eigenvalue weighted by Gasteiger charge is -2.05. The van der Waals surface area contributed by atoms with Gasteiger partial charge in [-0.05, 0) is 18.6 Å². The average Bonchev–Trinajstić information content (AvgIpc) is 3.40. The van der Waals surface area contributed by atoms with E-state index in [1.807, 2.05) is 55.5 Å². The van der Waals surface area contributed by atoms with Crippen molar-refractivity contribution in [3.05, 3.63) is 66.4 Å². The molecule has 8 heteroatoms. The number of amides is 1. The summed E-state index contributed by atoms with van der Waals surface area (Å²) in [6.45, 7) is 1.89. The molecule has 0 aliphatic carbocycles. The van der Waals surface area contributed by atoms with Crippen LogP contribution in [0.3, 0.4) is 0 Å². The van der Waals surface area contributed by atoms with Crippen molar-refractivity contribution in [3.63, 3.8) is 0 Å². The third-order valence-electron chi connectivity index (χ3n) is 4.04. The highest BCUT2D eigenvalue weighted by atomic mass is 32.1. The van der Waals surface area contributed by atoms with Gasteiger partial charge in [-0.1, -0.05) is 71.9 Å². The minimum absolute atomic E-state index is 0.0981. The minimum atomic E-state index is -0.285. The van der Waals surface area contributed by atoms with Crippen molar-refractivity contribution in [2.75, 3.05) is 11.9 Å². The molecule has 0 radical (unpaired) electrons.